The first-order valence-electron chi connectivity index (χ1n) is 5.71. The fraction of sp³-hybridized carbons (Fsp3) is 0.455. The van der Waals surface area contributed by atoms with Gasteiger partial charge in [0.05, 0.1) is 18.0 Å². The van der Waals surface area contributed by atoms with Gasteiger partial charge in [0.15, 0.2) is 5.16 Å². The summed E-state index contributed by atoms with van der Waals surface area (Å²) in [5, 5.41) is 21.6. The molecule has 1 N–H and O–H groups in total. The molecule has 0 bridgehead atoms. The lowest BCUT2D eigenvalue weighted by atomic mass is 10.2. The van der Waals surface area contributed by atoms with E-state index in [0.29, 0.717) is 11.7 Å². The number of carboxylic acids is 1. The largest absolute Gasteiger partial charge is 0.481 e. The molecule has 0 atom stereocenters. The number of aryl methyl sites for hydroxylation is 3. The predicted molar refractivity (Wildman–Crippen MR) is 70.2 cm³/mol. The highest BCUT2D eigenvalue weighted by Gasteiger charge is 2.13. The van der Waals surface area contributed by atoms with E-state index in [1.54, 1.807) is 4.68 Å². The molecule has 2 aromatic rings. The summed E-state index contributed by atoms with van der Waals surface area (Å²) < 4.78 is 3.66. The van der Waals surface area contributed by atoms with E-state index < -0.39 is 5.97 Å². The highest BCUT2D eigenvalue weighted by molar-refractivity contribution is 7.99. The molecule has 102 valence electrons. The van der Waals surface area contributed by atoms with Crippen LogP contribution in [0.4, 0.5) is 0 Å². The maximum absolute atomic E-state index is 10.6. The second kappa shape index (κ2) is 5.43. The third-order valence-corrected chi connectivity index (χ3v) is 3.62. The van der Waals surface area contributed by atoms with Gasteiger partial charge in [0.1, 0.15) is 5.82 Å². The van der Waals surface area contributed by atoms with Gasteiger partial charge in [-0.15, -0.1) is 10.2 Å². The molecule has 0 saturated carbocycles. The van der Waals surface area contributed by atoms with E-state index in [-0.39, 0.29) is 5.75 Å². The molecule has 0 spiro atoms. The van der Waals surface area contributed by atoms with Crippen molar-refractivity contribution in [1.82, 2.24) is 24.5 Å². The van der Waals surface area contributed by atoms with Crippen LogP contribution in [-0.4, -0.2) is 41.4 Å². The molecule has 7 nitrogen and oxygen atoms in total. The first-order chi connectivity index (χ1) is 8.97. The molecule has 0 saturated heterocycles. The van der Waals surface area contributed by atoms with Crippen molar-refractivity contribution >= 4 is 17.7 Å². The van der Waals surface area contributed by atoms with Gasteiger partial charge in [-0.05, 0) is 13.8 Å². The summed E-state index contributed by atoms with van der Waals surface area (Å²) in [6.45, 7) is 4.39. The second-order valence-electron chi connectivity index (χ2n) is 4.21. The topological polar surface area (TPSA) is 85.8 Å². The molecule has 2 rings (SSSR count). The number of nitrogens with zero attached hydrogens (tertiary/aromatic N) is 5. The number of hydrogen-bond donors (Lipinski definition) is 1. The van der Waals surface area contributed by atoms with Gasteiger partial charge < -0.3 is 9.67 Å². The molecule has 0 unspecified atom stereocenters. The Morgan fingerprint density at radius 2 is 2.16 bits per heavy atom. The van der Waals surface area contributed by atoms with E-state index in [1.807, 2.05) is 31.7 Å². The van der Waals surface area contributed by atoms with Crippen molar-refractivity contribution in [2.45, 2.75) is 25.5 Å². The minimum absolute atomic E-state index is 0.0237. The Hall–Kier alpha value is -1.83. The van der Waals surface area contributed by atoms with Crippen LogP contribution in [0, 0.1) is 13.8 Å². The van der Waals surface area contributed by atoms with Crippen LogP contribution in [-0.2, 0) is 18.4 Å². The molecule has 2 aromatic heterocycles. The maximum atomic E-state index is 10.6. The van der Waals surface area contributed by atoms with Gasteiger partial charge in [0, 0.05) is 18.8 Å². The quantitative estimate of drug-likeness (QED) is 0.818. The SMILES string of the molecule is Cc1nn(C)cc1Cn1c(C)nnc1SCC(=O)O. The van der Waals surface area contributed by atoms with E-state index in [0.717, 1.165) is 17.1 Å². The van der Waals surface area contributed by atoms with Gasteiger partial charge in [-0.1, -0.05) is 11.8 Å². The summed E-state index contributed by atoms with van der Waals surface area (Å²) in [6.07, 6.45) is 1.94. The molecule has 0 fully saturated rings. The Labute approximate surface area is 114 Å². The lowest BCUT2D eigenvalue weighted by molar-refractivity contribution is -0.133. The van der Waals surface area contributed by atoms with Crippen molar-refractivity contribution in [2.24, 2.45) is 7.05 Å². The molecule has 8 heteroatoms. The average Bonchev–Trinajstić information content (AvgIpc) is 2.82. The average molecular weight is 281 g/mol. The standard InChI is InChI=1S/C11H15N5O2S/c1-7-9(4-15(3)14-7)5-16-8(2)12-13-11(16)19-6-10(17)18/h4H,5-6H2,1-3H3,(H,17,18). The molecule has 2 heterocycles. The number of rotatable bonds is 5. The Morgan fingerprint density at radius 3 is 2.74 bits per heavy atom. The molecular weight excluding hydrogens is 266 g/mol. The number of aliphatic carboxylic acids is 1. The molecule has 0 aliphatic rings. The number of carbonyl (C=O) groups is 1. The lowest BCUT2D eigenvalue weighted by Gasteiger charge is -2.06. The van der Waals surface area contributed by atoms with Crippen LogP contribution in [0.5, 0.6) is 0 Å². The molecule has 0 amide bonds. The fourth-order valence-corrected chi connectivity index (χ4v) is 2.45. The molecule has 0 aliphatic heterocycles. The summed E-state index contributed by atoms with van der Waals surface area (Å²) in [6, 6.07) is 0. The number of thioether (sulfide) groups is 1. The number of carboxylic acid groups (broad SMARTS) is 1. The summed E-state index contributed by atoms with van der Waals surface area (Å²) in [5.41, 5.74) is 2.02. The predicted octanol–water partition coefficient (Wildman–Crippen LogP) is 0.853. The van der Waals surface area contributed by atoms with Crippen LogP contribution in [0.1, 0.15) is 17.1 Å². The number of aromatic nitrogens is 5. The zero-order valence-corrected chi connectivity index (χ0v) is 11.8. The zero-order valence-electron chi connectivity index (χ0n) is 11.0. The minimum atomic E-state index is -0.866. The van der Waals surface area contributed by atoms with Gasteiger partial charge in [0.25, 0.3) is 0 Å². The summed E-state index contributed by atoms with van der Waals surface area (Å²) in [4.78, 5) is 10.6. The van der Waals surface area contributed by atoms with Crippen molar-refractivity contribution in [3.05, 3.63) is 23.3 Å². The van der Waals surface area contributed by atoms with Crippen molar-refractivity contribution < 1.29 is 9.90 Å². The van der Waals surface area contributed by atoms with Gasteiger partial charge in [-0.25, -0.2) is 0 Å². The third kappa shape index (κ3) is 3.14. The Bertz CT molecular complexity index is 604. The summed E-state index contributed by atoms with van der Waals surface area (Å²) >= 11 is 1.17. The van der Waals surface area contributed by atoms with E-state index in [9.17, 15) is 4.79 Å². The van der Waals surface area contributed by atoms with Gasteiger partial charge >= 0.3 is 5.97 Å². The molecular formula is C11H15N5O2S. The van der Waals surface area contributed by atoms with E-state index in [1.165, 1.54) is 11.8 Å². The lowest BCUT2D eigenvalue weighted by Crippen LogP contribution is -2.06. The smallest absolute Gasteiger partial charge is 0.313 e. The van der Waals surface area contributed by atoms with Crippen LogP contribution in [0.15, 0.2) is 11.4 Å². The second-order valence-corrected chi connectivity index (χ2v) is 5.15. The highest BCUT2D eigenvalue weighted by Crippen LogP contribution is 2.19. The highest BCUT2D eigenvalue weighted by atomic mass is 32.2. The first kappa shape index (κ1) is 13.6. The van der Waals surface area contributed by atoms with Gasteiger partial charge in [-0.2, -0.15) is 5.10 Å². The van der Waals surface area contributed by atoms with Gasteiger partial charge in [0.2, 0.25) is 0 Å². The maximum Gasteiger partial charge on any atom is 0.313 e. The van der Waals surface area contributed by atoms with Crippen molar-refractivity contribution in [3.8, 4) is 0 Å². The van der Waals surface area contributed by atoms with E-state index in [2.05, 4.69) is 15.3 Å². The van der Waals surface area contributed by atoms with Crippen LogP contribution in [0.3, 0.4) is 0 Å². The summed E-state index contributed by atoms with van der Waals surface area (Å²) in [5.74, 6) is -0.129. The number of hydrogen-bond acceptors (Lipinski definition) is 5. The molecule has 19 heavy (non-hydrogen) atoms. The van der Waals surface area contributed by atoms with Gasteiger partial charge in [-0.3, -0.25) is 9.48 Å². The third-order valence-electron chi connectivity index (χ3n) is 2.67. The minimum Gasteiger partial charge on any atom is -0.481 e. The van der Waals surface area contributed by atoms with Crippen LogP contribution < -0.4 is 0 Å². The van der Waals surface area contributed by atoms with Crippen LogP contribution in [0.2, 0.25) is 0 Å². The summed E-state index contributed by atoms with van der Waals surface area (Å²) in [7, 11) is 1.87. The monoisotopic (exact) mass is 281 g/mol. The van der Waals surface area contributed by atoms with E-state index in [4.69, 9.17) is 5.11 Å². The first-order valence-corrected chi connectivity index (χ1v) is 6.69. The Morgan fingerprint density at radius 1 is 1.42 bits per heavy atom. The van der Waals surface area contributed by atoms with Crippen molar-refractivity contribution in [1.29, 1.82) is 0 Å². The normalized spacial score (nSPS) is 10.9. The Balaban J connectivity index is 2.21. The van der Waals surface area contributed by atoms with Crippen molar-refractivity contribution in [3.63, 3.8) is 0 Å². The molecule has 0 aromatic carbocycles. The van der Waals surface area contributed by atoms with Crippen molar-refractivity contribution in [2.75, 3.05) is 5.75 Å². The van der Waals surface area contributed by atoms with Crippen LogP contribution >= 0.6 is 11.8 Å². The fourth-order valence-electron chi connectivity index (χ4n) is 1.75. The zero-order chi connectivity index (χ0) is 14.0. The van der Waals surface area contributed by atoms with E-state index >= 15 is 0 Å². The molecule has 0 aliphatic carbocycles. The van der Waals surface area contributed by atoms with Crippen LogP contribution in [0.25, 0.3) is 0 Å². The Kier molecular flexibility index (Phi) is 3.89. The molecule has 0 radical (unpaired) electrons.